The van der Waals surface area contributed by atoms with Crippen molar-refractivity contribution < 1.29 is 14.2 Å². The highest BCUT2D eigenvalue weighted by Crippen LogP contribution is 2.29. The lowest BCUT2D eigenvalue weighted by molar-refractivity contribution is 0.122. The van der Waals surface area contributed by atoms with Crippen LogP contribution in [0.4, 0.5) is 10.1 Å². The van der Waals surface area contributed by atoms with Crippen molar-refractivity contribution in [2.24, 2.45) is 0 Å². The number of hydrogen-bond donors (Lipinski definition) is 1. The molecular formula is C20H20FN3O2S. The van der Waals surface area contributed by atoms with Gasteiger partial charge in [0.05, 0.1) is 24.6 Å². The number of hydrogen-bond acceptors (Lipinski definition) is 4. The zero-order valence-electron chi connectivity index (χ0n) is 14.9. The highest BCUT2D eigenvalue weighted by molar-refractivity contribution is 7.71. The standard InChI is InChI=1S/C20H20FN3O2S/c1-14-19(25)24(18-4-2-3-15(21)13-18)20(27)23(14)17-7-5-16(6-8-17)22-9-11-26-12-10-22/h2-8,13,25H,9-12H2,1H3. The molecule has 0 bridgehead atoms. The quantitative estimate of drug-likeness (QED) is 0.693. The molecule has 0 atom stereocenters. The van der Waals surface area contributed by atoms with Crippen molar-refractivity contribution in [3.8, 4) is 17.3 Å². The zero-order chi connectivity index (χ0) is 19.0. The first kappa shape index (κ1) is 17.8. The van der Waals surface area contributed by atoms with Gasteiger partial charge < -0.3 is 14.7 Å². The van der Waals surface area contributed by atoms with E-state index >= 15 is 0 Å². The summed E-state index contributed by atoms with van der Waals surface area (Å²) < 4.78 is 22.7. The highest BCUT2D eigenvalue weighted by atomic mass is 32.1. The van der Waals surface area contributed by atoms with Gasteiger partial charge in [0.15, 0.2) is 4.77 Å². The van der Waals surface area contributed by atoms with Gasteiger partial charge in [0, 0.05) is 24.5 Å². The molecule has 0 aliphatic carbocycles. The third-order valence-corrected chi connectivity index (χ3v) is 5.17. The number of imidazole rings is 1. The second kappa shape index (κ2) is 7.17. The van der Waals surface area contributed by atoms with Crippen LogP contribution in [0.15, 0.2) is 48.5 Å². The molecule has 140 valence electrons. The van der Waals surface area contributed by atoms with Gasteiger partial charge in [0.25, 0.3) is 0 Å². The van der Waals surface area contributed by atoms with Crippen molar-refractivity contribution in [1.82, 2.24) is 9.13 Å². The van der Waals surface area contributed by atoms with Gasteiger partial charge in [-0.15, -0.1) is 0 Å². The molecule has 1 aromatic heterocycles. The summed E-state index contributed by atoms with van der Waals surface area (Å²) in [5.41, 5.74) is 3.06. The maximum Gasteiger partial charge on any atom is 0.218 e. The van der Waals surface area contributed by atoms with Crippen molar-refractivity contribution in [2.45, 2.75) is 6.92 Å². The molecule has 0 amide bonds. The van der Waals surface area contributed by atoms with E-state index in [2.05, 4.69) is 4.90 Å². The SMILES string of the molecule is Cc1c(O)n(-c2cccc(F)c2)c(=S)n1-c1ccc(N2CCOCC2)cc1. The van der Waals surface area contributed by atoms with Crippen LogP contribution in [0.1, 0.15) is 5.69 Å². The van der Waals surface area contributed by atoms with Crippen LogP contribution in [0.2, 0.25) is 0 Å². The number of anilines is 1. The fourth-order valence-electron chi connectivity index (χ4n) is 3.38. The number of aromatic nitrogens is 2. The normalized spacial score (nSPS) is 14.5. The van der Waals surface area contributed by atoms with Crippen molar-refractivity contribution in [1.29, 1.82) is 0 Å². The Bertz CT molecular complexity index is 1020. The lowest BCUT2D eigenvalue weighted by Gasteiger charge is -2.29. The number of aromatic hydroxyl groups is 1. The van der Waals surface area contributed by atoms with Gasteiger partial charge in [-0.2, -0.15) is 0 Å². The predicted molar refractivity (Wildman–Crippen MR) is 105 cm³/mol. The van der Waals surface area contributed by atoms with E-state index in [0.29, 0.717) is 16.2 Å². The van der Waals surface area contributed by atoms with E-state index in [4.69, 9.17) is 17.0 Å². The fourth-order valence-corrected chi connectivity index (χ4v) is 3.82. The van der Waals surface area contributed by atoms with E-state index in [9.17, 15) is 9.50 Å². The number of benzene rings is 2. The summed E-state index contributed by atoms with van der Waals surface area (Å²) in [5, 5.41) is 10.6. The van der Waals surface area contributed by atoms with Gasteiger partial charge in [-0.05, 0) is 61.6 Å². The van der Waals surface area contributed by atoms with Crippen LogP contribution in [-0.4, -0.2) is 40.5 Å². The van der Waals surface area contributed by atoms with Crippen LogP contribution in [0, 0.1) is 17.5 Å². The van der Waals surface area contributed by atoms with Crippen LogP contribution in [0.3, 0.4) is 0 Å². The zero-order valence-corrected chi connectivity index (χ0v) is 15.7. The Morgan fingerprint density at radius 3 is 2.30 bits per heavy atom. The summed E-state index contributed by atoms with van der Waals surface area (Å²) in [7, 11) is 0. The summed E-state index contributed by atoms with van der Waals surface area (Å²) in [6.07, 6.45) is 0. The summed E-state index contributed by atoms with van der Waals surface area (Å²) in [6.45, 7) is 4.99. The molecule has 0 saturated carbocycles. The first-order chi connectivity index (χ1) is 13.1. The maximum atomic E-state index is 13.6. The van der Waals surface area contributed by atoms with Crippen LogP contribution in [0.5, 0.6) is 5.88 Å². The van der Waals surface area contributed by atoms with Gasteiger partial charge in [-0.25, -0.2) is 4.39 Å². The topological polar surface area (TPSA) is 42.6 Å². The molecule has 2 heterocycles. The van der Waals surface area contributed by atoms with E-state index < -0.39 is 0 Å². The van der Waals surface area contributed by atoms with Gasteiger partial charge in [-0.3, -0.25) is 9.13 Å². The minimum Gasteiger partial charge on any atom is -0.493 e. The largest absolute Gasteiger partial charge is 0.493 e. The molecule has 0 unspecified atom stereocenters. The summed E-state index contributed by atoms with van der Waals surface area (Å²) in [6, 6.07) is 14.0. The van der Waals surface area contributed by atoms with Crippen molar-refractivity contribution >= 4 is 17.9 Å². The molecule has 1 fully saturated rings. The predicted octanol–water partition coefficient (Wildman–Crippen LogP) is 3.99. The fraction of sp³-hybridized carbons (Fsp3) is 0.250. The van der Waals surface area contributed by atoms with Gasteiger partial charge in [0.2, 0.25) is 5.88 Å². The van der Waals surface area contributed by atoms with Crippen LogP contribution in [-0.2, 0) is 4.74 Å². The van der Waals surface area contributed by atoms with E-state index in [1.165, 1.54) is 16.7 Å². The molecule has 4 rings (SSSR count). The Morgan fingerprint density at radius 1 is 0.963 bits per heavy atom. The molecular weight excluding hydrogens is 365 g/mol. The van der Waals surface area contributed by atoms with Gasteiger partial charge >= 0.3 is 0 Å². The van der Waals surface area contributed by atoms with E-state index in [1.54, 1.807) is 23.6 Å². The van der Waals surface area contributed by atoms with Crippen molar-refractivity contribution in [3.63, 3.8) is 0 Å². The number of rotatable bonds is 3. The molecule has 27 heavy (non-hydrogen) atoms. The molecule has 7 heteroatoms. The molecule has 5 nitrogen and oxygen atoms in total. The van der Waals surface area contributed by atoms with E-state index in [-0.39, 0.29) is 11.7 Å². The molecule has 0 spiro atoms. The number of nitrogens with zero attached hydrogens (tertiary/aromatic N) is 3. The average Bonchev–Trinajstić information content (AvgIpc) is 2.91. The van der Waals surface area contributed by atoms with Gasteiger partial charge in [0.1, 0.15) is 5.82 Å². The first-order valence-electron chi connectivity index (χ1n) is 8.78. The van der Waals surface area contributed by atoms with Gasteiger partial charge in [-0.1, -0.05) is 6.07 Å². The second-order valence-electron chi connectivity index (χ2n) is 6.46. The smallest absolute Gasteiger partial charge is 0.218 e. The molecule has 1 aliphatic heterocycles. The van der Waals surface area contributed by atoms with E-state index in [0.717, 1.165) is 37.7 Å². The van der Waals surface area contributed by atoms with Crippen LogP contribution in [0.25, 0.3) is 11.4 Å². The van der Waals surface area contributed by atoms with Crippen LogP contribution >= 0.6 is 12.2 Å². The Kier molecular flexibility index (Phi) is 4.72. The lowest BCUT2D eigenvalue weighted by atomic mass is 10.2. The molecule has 2 aromatic carbocycles. The molecule has 3 aromatic rings. The molecule has 0 radical (unpaired) electrons. The van der Waals surface area contributed by atoms with Crippen molar-refractivity contribution in [2.75, 3.05) is 31.2 Å². The van der Waals surface area contributed by atoms with E-state index in [1.807, 2.05) is 24.3 Å². The second-order valence-corrected chi connectivity index (χ2v) is 6.82. The summed E-state index contributed by atoms with van der Waals surface area (Å²) >= 11 is 5.58. The highest BCUT2D eigenvalue weighted by Gasteiger charge is 2.17. The molecule has 1 N–H and O–H groups in total. The van der Waals surface area contributed by atoms with Crippen LogP contribution < -0.4 is 4.90 Å². The first-order valence-corrected chi connectivity index (χ1v) is 9.19. The maximum absolute atomic E-state index is 13.6. The monoisotopic (exact) mass is 385 g/mol. The minimum atomic E-state index is -0.380. The number of halogens is 1. The molecule has 1 aliphatic rings. The molecule has 1 saturated heterocycles. The Morgan fingerprint density at radius 2 is 1.63 bits per heavy atom. The third-order valence-electron chi connectivity index (χ3n) is 4.80. The lowest BCUT2D eigenvalue weighted by Crippen LogP contribution is -2.36. The summed E-state index contributed by atoms with van der Waals surface area (Å²) in [4.78, 5) is 2.27. The average molecular weight is 385 g/mol. The Hall–Kier alpha value is -2.64. The summed E-state index contributed by atoms with van der Waals surface area (Å²) in [5.74, 6) is -0.378. The Labute approximate surface area is 161 Å². The minimum absolute atomic E-state index is 0.00264. The Balaban J connectivity index is 1.74. The third kappa shape index (κ3) is 3.24. The van der Waals surface area contributed by atoms with Crippen molar-refractivity contribution in [3.05, 3.63) is 64.8 Å². The number of morpholine rings is 1. The number of ether oxygens (including phenoxy) is 1.